The van der Waals surface area contributed by atoms with Gasteiger partial charge in [-0.2, -0.15) is 0 Å². The first-order valence-electron chi connectivity index (χ1n) is 7.53. The van der Waals surface area contributed by atoms with Crippen LogP contribution >= 0.6 is 0 Å². The zero-order valence-corrected chi connectivity index (χ0v) is 12.6. The van der Waals surface area contributed by atoms with Gasteiger partial charge >= 0.3 is 0 Å². The largest absolute Gasteiger partial charge is 0.378 e. The van der Waals surface area contributed by atoms with Crippen molar-refractivity contribution in [1.29, 1.82) is 0 Å². The summed E-state index contributed by atoms with van der Waals surface area (Å²) in [6.45, 7) is 5.76. The predicted octanol–water partition coefficient (Wildman–Crippen LogP) is 1.00. The zero-order valence-electron chi connectivity index (χ0n) is 12.6. The Morgan fingerprint density at radius 2 is 2.09 bits per heavy atom. The van der Waals surface area contributed by atoms with Gasteiger partial charge in [0.15, 0.2) is 0 Å². The van der Waals surface area contributed by atoms with Crippen molar-refractivity contribution >= 4 is 22.6 Å². The number of carbonyl (C=O) groups is 1. The maximum Gasteiger partial charge on any atom is 0.291 e. The smallest absolute Gasteiger partial charge is 0.291 e. The molecule has 1 saturated heterocycles. The number of anilines is 1. The quantitative estimate of drug-likeness (QED) is 0.907. The van der Waals surface area contributed by atoms with Crippen LogP contribution < -0.4 is 10.2 Å². The average Bonchev–Trinajstić information content (AvgIpc) is 2.59. The SMILES string of the molecule is CCCNC(=O)c1nnc2ccc(N3CCOCC3)cc2n1. The molecule has 1 amide bonds. The van der Waals surface area contributed by atoms with Crippen LogP contribution in [0.2, 0.25) is 0 Å². The number of amides is 1. The maximum absolute atomic E-state index is 11.9. The van der Waals surface area contributed by atoms with Gasteiger partial charge in [-0.25, -0.2) is 4.98 Å². The summed E-state index contributed by atoms with van der Waals surface area (Å²) in [6.07, 6.45) is 0.869. The van der Waals surface area contributed by atoms with Crippen LogP contribution in [0.4, 0.5) is 5.69 Å². The molecule has 1 fully saturated rings. The van der Waals surface area contributed by atoms with E-state index >= 15 is 0 Å². The molecule has 1 N–H and O–H groups in total. The Labute approximate surface area is 128 Å². The van der Waals surface area contributed by atoms with E-state index in [0.29, 0.717) is 17.6 Å². The lowest BCUT2D eigenvalue weighted by atomic mass is 10.2. The van der Waals surface area contributed by atoms with E-state index in [-0.39, 0.29) is 11.7 Å². The molecule has 0 spiro atoms. The molecule has 0 atom stereocenters. The number of ether oxygens (including phenoxy) is 1. The molecular formula is C15H19N5O2. The first-order chi connectivity index (χ1) is 10.8. The summed E-state index contributed by atoms with van der Waals surface area (Å²) < 4.78 is 5.36. The van der Waals surface area contributed by atoms with E-state index in [4.69, 9.17) is 4.74 Å². The Balaban J connectivity index is 1.87. The number of benzene rings is 1. The Morgan fingerprint density at radius 1 is 1.27 bits per heavy atom. The van der Waals surface area contributed by atoms with Gasteiger partial charge in [0, 0.05) is 25.3 Å². The van der Waals surface area contributed by atoms with Crippen LogP contribution in [0.1, 0.15) is 24.0 Å². The van der Waals surface area contributed by atoms with Gasteiger partial charge in [0.2, 0.25) is 5.82 Å². The number of fused-ring (bicyclic) bond motifs is 1. The van der Waals surface area contributed by atoms with Crippen LogP contribution in [-0.2, 0) is 4.74 Å². The molecule has 1 aliphatic rings. The van der Waals surface area contributed by atoms with Crippen molar-refractivity contribution in [2.24, 2.45) is 0 Å². The van der Waals surface area contributed by atoms with E-state index in [1.54, 1.807) is 0 Å². The van der Waals surface area contributed by atoms with Crippen LogP contribution in [0.15, 0.2) is 18.2 Å². The zero-order chi connectivity index (χ0) is 15.4. The number of morpholine rings is 1. The second kappa shape index (κ2) is 6.65. The van der Waals surface area contributed by atoms with Crippen molar-refractivity contribution < 1.29 is 9.53 Å². The third-order valence-corrected chi connectivity index (χ3v) is 3.55. The van der Waals surface area contributed by atoms with Gasteiger partial charge in [-0.3, -0.25) is 4.79 Å². The van der Waals surface area contributed by atoms with Crippen LogP contribution in [0.3, 0.4) is 0 Å². The standard InChI is InChI=1S/C15H19N5O2/c1-2-5-16-15(21)14-17-13-10-11(3-4-12(13)18-19-14)20-6-8-22-9-7-20/h3-4,10H,2,5-9H2,1H3,(H,16,21). The summed E-state index contributed by atoms with van der Waals surface area (Å²) in [7, 11) is 0. The molecule has 0 bridgehead atoms. The van der Waals surface area contributed by atoms with Crippen LogP contribution in [0, 0.1) is 0 Å². The van der Waals surface area contributed by atoms with Crippen LogP contribution in [-0.4, -0.2) is 53.9 Å². The van der Waals surface area contributed by atoms with Crippen molar-refractivity contribution in [3.63, 3.8) is 0 Å². The van der Waals surface area contributed by atoms with Crippen molar-refractivity contribution in [3.05, 3.63) is 24.0 Å². The second-order valence-corrected chi connectivity index (χ2v) is 5.16. The number of hydrogen-bond donors (Lipinski definition) is 1. The summed E-state index contributed by atoms with van der Waals surface area (Å²) in [6, 6.07) is 5.83. The van der Waals surface area contributed by atoms with Gasteiger partial charge in [0.1, 0.15) is 5.52 Å². The summed E-state index contributed by atoms with van der Waals surface area (Å²) in [5.74, 6) is -0.173. The fraction of sp³-hybridized carbons (Fsp3) is 0.467. The fourth-order valence-electron chi connectivity index (χ4n) is 2.36. The molecule has 0 aliphatic carbocycles. The molecule has 22 heavy (non-hydrogen) atoms. The van der Waals surface area contributed by atoms with E-state index in [1.807, 2.05) is 25.1 Å². The third kappa shape index (κ3) is 3.14. The van der Waals surface area contributed by atoms with Crippen molar-refractivity contribution in [2.75, 3.05) is 37.7 Å². The lowest BCUT2D eigenvalue weighted by Gasteiger charge is -2.28. The average molecular weight is 301 g/mol. The monoisotopic (exact) mass is 301 g/mol. The maximum atomic E-state index is 11.9. The molecule has 0 radical (unpaired) electrons. The topological polar surface area (TPSA) is 80.2 Å². The van der Waals surface area contributed by atoms with Gasteiger partial charge in [-0.05, 0) is 24.6 Å². The molecule has 0 saturated carbocycles. The minimum absolute atomic E-state index is 0.111. The number of aromatic nitrogens is 3. The molecular weight excluding hydrogens is 282 g/mol. The minimum atomic E-state index is -0.284. The van der Waals surface area contributed by atoms with E-state index in [0.717, 1.165) is 38.4 Å². The summed E-state index contributed by atoms with van der Waals surface area (Å²) in [5, 5.41) is 10.7. The van der Waals surface area contributed by atoms with Crippen LogP contribution in [0.25, 0.3) is 11.0 Å². The fourth-order valence-corrected chi connectivity index (χ4v) is 2.36. The van der Waals surface area contributed by atoms with Gasteiger partial charge in [0.25, 0.3) is 5.91 Å². The van der Waals surface area contributed by atoms with E-state index in [2.05, 4.69) is 25.4 Å². The summed E-state index contributed by atoms with van der Waals surface area (Å²) >= 11 is 0. The van der Waals surface area contributed by atoms with Gasteiger partial charge in [0.05, 0.1) is 18.7 Å². The minimum Gasteiger partial charge on any atom is -0.378 e. The highest BCUT2D eigenvalue weighted by Crippen LogP contribution is 2.20. The van der Waals surface area contributed by atoms with Crippen LogP contribution in [0.5, 0.6) is 0 Å². The van der Waals surface area contributed by atoms with E-state index in [9.17, 15) is 4.79 Å². The first-order valence-corrected chi connectivity index (χ1v) is 7.53. The molecule has 3 rings (SSSR count). The molecule has 7 heteroatoms. The lowest BCUT2D eigenvalue weighted by molar-refractivity contribution is 0.0942. The Bertz CT molecular complexity index is 670. The first kappa shape index (κ1) is 14.6. The summed E-state index contributed by atoms with van der Waals surface area (Å²) in [5.41, 5.74) is 2.43. The van der Waals surface area contributed by atoms with Crippen molar-refractivity contribution in [2.45, 2.75) is 13.3 Å². The number of nitrogens with zero attached hydrogens (tertiary/aromatic N) is 4. The summed E-state index contributed by atoms with van der Waals surface area (Å²) in [4.78, 5) is 18.5. The lowest BCUT2D eigenvalue weighted by Crippen LogP contribution is -2.36. The molecule has 2 aromatic rings. The highest BCUT2D eigenvalue weighted by atomic mass is 16.5. The number of nitrogens with one attached hydrogen (secondary N) is 1. The predicted molar refractivity (Wildman–Crippen MR) is 83.0 cm³/mol. The molecule has 7 nitrogen and oxygen atoms in total. The molecule has 116 valence electrons. The Morgan fingerprint density at radius 3 is 2.86 bits per heavy atom. The number of rotatable bonds is 4. The second-order valence-electron chi connectivity index (χ2n) is 5.16. The third-order valence-electron chi connectivity index (χ3n) is 3.55. The van der Waals surface area contributed by atoms with E-state index in [1.165, 1.54) is 0 Å². The molecule has 1 aromatic heterocycles. The molecule has 1 aromatic carbocycles. The number of carbonyl (C=O) groups excluding carboxylic acids is 1. The molecule has 2 heterocycles. The highest BCUT2D eigenvalue weighted by molar-refractivity contribution is 5.92. The van der Waals surface area contributed by atoms with Gasteiger partial charge < -0.3 is 15.0 Å². The Hall–Kier alpha value is -2.28. The Kier molecular flexibility index (Phi) is 4.43. The van der Waals surface area contributed by atoms with Crippen molar-refractivity contribution in [3.8, 4) is 0 Å². The molecule has 1 aliphatic heterocycles. The molecule has 0 unspecified atom stereocenters. The highest BCUT2D eigenvalue weighted by Gasteiger charge is 2.14. The normalized spacial score (nSPS) is 15.0. The number of hydrogen-bond acceptors (Lipinski definition) is 6. The van der Waals surface area contributed by atoms with Gasteiger partial charge in [-0.1, -0.05) is 6.92 Å². The van der Waals surface area contributed by atoms with Gasteiger partial charge in [-0.15, -0.1) is 10.2 Å². The van der Waals surface area contributed by atoms with E-state index < -0.39 is 0 Å². The van der Waals surface area contributed by atoms with Crippen molar-refractivity contribution in [1.82, 2.24) is 20.5 Å².